The summed E-state index contributed by atoms with van der Waals surface area (Å²) in [6.07, 6.45) is 6.67. The average molecular weight is 252 g/mol. The monoisotopic (exact) mass is 252 g/mol. The van der Waals surface area contributed by atoms with E-state index in [1.807, 2.05) is 6.08 Å². The van der Waals surface area contributed by atoms with E-state index in [4.69, 9.17) is 0 Å². The third-order valence-electron chi connectivity index (χ3n) is 1.73. The van der Waals surface area contributed by atoms with Crippen molar-refractivity contribution >= 4 is 28.9 Å². The van der Waals surface area contributed by atoms with E-state index in [0.29, 0.717) is 5.75 Å². The van der Waals surface area contributed by atoms with Gasteiger partial charge in [0.2, 0.25) is 5.82 Å². The van der Waals surface area contributed by atoms with Crippen LogP contribution in [0.1, 0.15) is 23.1 Å². The minimum atomic E-state index is -0.562. The van der Waals surface area contributed by atoms with Crippen LogP contribution < -0.4 is 0 Å². The minimum absolute atomic E-state index is 0.0303. The Hall–Kier alpha value is -1.69. The fourth-order valence-corrected chi connectivity index (χ4v) is 1.40. The number of nitrogens with zero attached hydrogens (tertiary/aromatic N) is 2. The highest BCUT2D eigenvalue weighted by atomic mass is 32.2. The fourth-order valence-electron chi connectivity index (χ4n) is 0.970. The third-order valence-corrected chi connectivity index (χ3v) is 2.50. The molecule has 6 heteroatoms. The summed E-state index contributed by atoms with van der Waals surface area (Å²) in [5.74, 6) is 0.0732. The molecule has 1 aromatic rings. The van der Waals surface area contributed by atoms with E-state index >= 15 is 0 Å². The Bertz CT molecular complexity index is 429. The first-order valence-electron chi connectivity index (χ1n) is 4.83. The molecule has 0 aliphatic rings. The molecule has 0 unspecified atom stereocenters. The maximum atomic E-state index is 11.1. The zero-order valence-corrected chi connectivity index (χ0v) is 10.4. The molecular formula is C11H12N2O3S. The number of thioether (sulfide) groups is 1. The molecular weight excluding hydrogens is 240 g/mol. The molecule has 0 aliphatic carbocycles. The Morgan fingerprint density at radius 1 is 1.41 bits per heavy atom. The lowest BCUT2D eigenvalue weighted by Gasteiger charge is -1.97. The summed E-state index contributed by atoms with van der Waals surface area (Å²) in [5.41, 5.74) is 0.766. The lowest BCUT2D eigenvalue weighted by molar-refractivity contribution is -0.109. The van der Waals surface area contributed by atoms with Crippen LogP contribution in [0.4, 0.5) is 0 Å². The first kappa shape index (κ1) is 13.4. The first-order valence-corrected chi connectivity index (χ1v) is 5.82. The van der Waals surface area contributed by atoms with Crippen LogP contribution >= 0.6 is 11.8 Å². The highest BCUT2D eigenvalue weighted by molar-refractivity contribution is 8.13. The van der Waals surface area contributed by atoms with E-state index in [1.165, 1.54) is 38.2 Å². The molecule has 0 atom stereocenters. The van der Waals surface area contributed by atoms with Crippen molar-refractivity contribution in [3.63, 3.8) is 0 Å². The SMILES string of the molecule is COC(=O)c1ncc(C=CCSC(C)=O)cn1. The van der Waals surface area contributed by atoms with Gasteiger partial charge < -0.3 is 4.74 Å². The Labute approximate surface area is 103 Å². The van der Waals surface area contributed by atoms with E-state index in [0.717, 1.165) is 5.56 Å². The largest absolute Gasteiger partial charge is 0.463 e. The molecule has 5 nitrogen and oxygen atoms in total. The van der Waals surface area contributed by atoms with Crippen LogP contribution in [0.15, 0.2) is 18.5 Å². The quantitative estimate of drug-likeness (QED) is 0.757. The van der Waals surface area contributed by atoms with Gasteiger partial charge in [0, 0.05) is 30.6 Å². The molecule has 1 aromatic heterocycles. The molecule has 0 N–H and O–H groups in total. The number of hydrogen-bond donors (Lipinski definition) is 0. The van der Waals surface area contributed by atoms with Crippen molar-refractivity contribution in [1.82, 2.24) is 9.97 Å². The number of aromatic nitrogens is 2. The molecule has 0 bridgehead atoms. The number of esters is 1. The number of hydrogen-bond acceptors (Lipinski definition) is 6. The van der Waals surface area contributed by atoms with Crippen LogP contribution in [-0.2, 0) is 9.53 Å². The summed E-state index contributed by atoms with van der Waals surface area (Å²) in [6, 6.07) is 0. The van der Waals surface area contributed by atoms with Gasteiger partial charge in [-0.2, -0.15) is 0 Å². The molecule has 0 amide bonds. The zero-order chi connectivity index (χ0) is 12.7. The Balaban J connectivity index is 2.56. The van der Waals surface area contributed by atoms with Crippen molar-refractivity contribution in [3.8, 4) is 0 Å². The number of methoxy groups -OCH3 is 1. The van der Waals surface area contributed by atoms with Gasteiger partial charge in [-0.1, -0.05) is 23.9 Å². The van der Waals surface area contributed by atoms with E-state index < -0.39 is 5.97 Å². The van der Waals surface area contributed by atoms with Gasteiger partial charge in [-0.05, 0) is 0 Å². The minimum Gasteiger partial charge on any atom is -0.463 e. The second-order valence-corrected chi connectivity index (χ2v) is 4.23. The Morgan fingerprint density at radius 3 is 2.59 bits per heavy atom. The predicted molar refractivity (Wildman–Crippen MR) is 65.5 cm³/mol. The number of ether oxygens (including phenoxy) is 1. The molecule has 0 fully saturated rings. The normalized spacial score (nSPS) is 10.5. The van der Waals surface area contributed by atoms with E-state index in [-0.39, 0.29) is 10.9 Å². The smallest absolute Gasteiger partial charge is 0.376 e. The molecule has 17 heavy (non-hydrogen) atoms. The average Bonchev–Trinajstić information content (AvgIpc) is 2.34. The predicted octanol–water partition coefficient (Wildman–Crippen LogP) is 1.56. The van der Waals surface area contributed by atoms with Crippen molar-refractivity contribution in [1.29, 1.82) is 0 Å². The molecule has 0 radical (unpaired) electrons. The lowest BCUT2D eigenvalue weighted by atomic mass is 10.3. The fraction of sp³-hybridized carbons (Fsp3) is 0.273. The first-order chi connectivity index (χ1) is 8.13. The summed E-state index contributed by atoms with van der Waals surface area (Å²) < 4.78 is 4.48. The van der Waals surface area contributed by atoms with Crippen LogP contribution in [-0.4, -0.2) is 33.9 Å². The zero-order valence-electron chi connectivity index (χ0n) is 9.54. The van der Waals surface area contributed by atoms with Gasteiger partial charge >= 0.3 is 5.97 Å². The van der Waals surface area contributed by atoms with Crippen molar-refractivity contribution in [3.05, 3.63) is 29.9 Å². The maximum Gasteiger partial charge on any atom is 0.376 e. The Morgan fingerprint density at radius 2 is 2.06 bits per heavy atom. The van der Waals surface area contributed by atoms with Crippen LogP contribution in [0.25, 0.3) is 6.08 Å². The molecule has 0 saturated heterocycles. The second-order valence-electron chi connectivity index (χ2n) is 3.04. The number of rotatable bonds is 4. The van der Waals surface area contributed by atoms with Gasteiger partial charge in [-0.15, -0.1) is 0 Å². The van der Waals surface area contributed by atoms with E-state index in [9.17, 15) is 9.59 Å². The summed E-state index contributed by atoms with van der Waals surface area (Å²) in [7, 11) is 1.28. The van der Waals surface area contributed by atoms with Crippen molar-refractivity contribution in [2.75, 3.05) is 12.9 Å². The third kappa shape index (κ3) is 4.78. The van der Waals surface area contributed by atoms with Crippen LogP contribution in [0, 0.1) is 0 Å². The standard InChI is InChI=1S/C11H12N2O3S/c1-8(14)17-5-3-4-9-6-12-10(13-7-9)11(15)16-2/h3-4,6-7H,5H2,1-2H3. The number of carbonyl (C=O) groups is 2. The van der Waals surface area contributed by atoms with Gasteiger partial charge in [0.1, 0.15) is 0 Å². The van der Waals surface area contributed by atoms with Gasteiger partial charge in [-0.25, -0.2) is 14.8 Å². The highest BCUT2D eigenvalue weighted by Gasteiger charge is 2.07. The van der Waals surface area contributed by atoms with Crippen LogP contribution in [0.2, 0.25) is 0 Å². The van der Waals surface area contributed by atoms with E-state index in [1.54, 1.807) is 6.08 Å². The summed E-state index contributed by atoms with van der Waals surface area (Å²) in [6.45, 7) is 1.52. The second kappa shape index (κ2) is 6.80. The number of carbonyl (C=O) groups excluding carboxylic acids is 2. The van der Waals surface area contributed by atoms with Crippen LogP contribution in [0.3, 0.4) is 0 Å². The van der Waals surface area contributed by atoms with Gasteiger partial charge in [0.25, 0.3) is 0 Å². The van der Waals surface area contributed by atoms with E-state index in [2.05, 4.69) is 14.7 Å². The maximum absolute atomic E-state index is 11.1. The van der Waals surface area contributed by atoms with Gasteiger partial charge in [0.15, 0.2) is 5.12 Å². The molecule has 0 saturated carbocycles. The van der Waals surface area contributed by atoms with Gasteiger partial charge in [0.05, 0.1) is 7.11 Å². The van der Waals surface area contributed by atoms with Crippen molar-refractivity contribution < 1.29 is 14.3 Å². The molecule has 0 aromatic carbocycles. The highest BCUT2D eigenvalue weighted by Crippen LogP contribution is 2.04. The molecule has 0 spiro atoms. The molecule has 1 heterocycles. The summed E-state index contributed by atoms with van der Waals surface area (Å²) in [4.78, 5) is 29.4. The van der Waals surface area contributed by atoms with Crippen LogP contribution in [0.5, 0.6) is 0 Å². The summed E-state index contributed by atoms with van der Waals surface area (Å²) >= 11 is 1.22. The van der Waals surface area contributed by atoms with Crippen molar-refractivity contribution in [2.24, 2.45) is 0 Å². The topological polar surface area (TPSA) is 69.2 Å². The molecule has 0 aliphatic heterocycles. The van der Waals surface area contributed by atoms with Gasteiger partial charge in [-0.3, -0.25) is 4.79 Å². The summed E-state index contributed by atoms with van der Waals surface area (Å²) in [5, 5.41) is 0.0759. The lowest BCUT2D eigenvalue weighted by Crippen LogP contribution is -2.06. The molecule has 1 rings (SSSR count). The molecule has 90 valence electrons. The van der Waals surface area contributed by atoms with Crippen molar-refractivity contribution in [2.45, 2.75) is 6.92 Å². The Kier molecular flexibility index (Phi) is 5.35.